The Balaban J connectivity index is 1.38. The molecule has 4 rings (SSSR count). The van der Waals surface area contributed by atoms with E-state index in [1.807, 2.05) is 43.3 Å². The Bertz CT molecular complexity index is 1130. The third kappa shape index (κ3) is 3.68. The molecule has 28 heavy (non-hydrogen) atoms. The summed E-state index contributed by atoms with van der Waals surface area (Å²) in [6.07, 6.45) is 1.46. The summed E-state index contributed by atoms with van der Waals surface area (Å²) in [6, 6.07) is 18.6. The molecule has 2 N–H and O–H groups in total. The van der Waals surface area contributed by atoms with E-state index in [4.69, 9.17) is 4.42 Å². The first-order chi connectivity index (χ1) is 13.6. The van der Waals surface area contributed by atoms with Crippen LogP contribution in [0.15, 0.2) is 71.3 Å². The van der Waals surface area contributed by atoms with E-state index in [2.05, 4.69) is 10.6 Å². The van der Waals surface area contributed by atoms with Crippen molar-refractivity contribution in [2.45, 2.75) is 13.5 Å². The van der Waals surface area contributed by atoms with E-state index >= 15 is 0 Å². The molecule has 2 aromatic carbocycles. The van der Waals surface area contributed by atoms with Crippen molar-refractivity contribution in [1.82, 2.24) is 5.32 Å². The first-order valence-electron chi connectivity index (χ1n) is 8.82. The highest BCUT2D eigenvalue weighted by Crippen LogP contribution is 2.30. The van der Waals surface area contributed by atoms with Crippen LogP contribution in [0.4, 0.5) is 5.69 Å². The van der Waals surface area contributed by atoms with Gasteiger partial charge in [0.05, 0.1) is 11.1 Å². The van der Waals surface area contributed by atoms with Gasteiger partial charge in [-0.3, -0.25) is 9.59 Å². The number of hydrogen-bond donors (Lipinski definition) is 2. The van der Waals surface area contributed by atoms with E-state index in [1.165, 1.54) is 17.6 Å². The van der Waals surface area contributed by atoms with Crippen LogP contribution < -0.4 is 10.6 Å². The molecule has 0 bridgehead atoms. The lowest BCUT2D eigenvalue weighted by Gasteiger charge is -2.07. The van der Waals surface area contributed by atoms with E-state index in [0.29, 0.717) is 12.2 Å². The van der Waals surface area contributed by atoms with Crippen molar-refractivity contribution >= 4 is 38.9 Å². The second-order valence-corrected chi connectivity index (χ2v) is 7.42. The van der Waals surface area contributed by atoms with Gasteiger partial charge in [-0.2, -0.15) is 0 Å². The van der Waals surface area contributed by atoms with Gasteiger partial charge in [0.25, 0.3) is 11.8 Å². The number of carbonyl (C=O) groups excluding carboxylic acids is 2. The lowest BCUT2D eigenvalue weighted by Crippen LogP contribution is -2.22. The van der Waals surface area contributed by atoms with Gasteiger partial charge in [0.15, 0.2) is 5.76 Å². The number of rotatable bonds is 5. The van der Waals surface area contributed by atoms with Crippen molar-refractivity contribution in [3.05, 3.63) is 88.7 Å². The molecule has 0 aliphatic heterocycles. The summed E-state index contributed by atoms with van der Waals surface area (Å²) in [5.41, 5.74) is 2.62. The highest BCUT2D eigenvalue weighted by atomic mass is 32.1. The maximum absolute atomic E-state index is 12.6. The van der Waals surface area contributed by atoms with Crippen LogP contribution in [0.1, 0.15) is 31.4 Å². The fraction of sp³-hybridized carbons (Fsp3) is 0.0909. The summed E-state index contributed by atoms with van der Waals surface area (Å²) < 4.78 is 6.18. The van der Waals surface area contributed by atoms with Crippen LogP contribution in [0.25, 0.3) is 10.1 Å². The van der Waals surface area contributed by atoms with Gasteiger partial charge < -0.3 is 15.1 Å². The molecule has 6 heteroatoms. The predicted octanol–water partition coefficient (Wildman–Crippen LogP) is 4.99. The molecule has 2 aromatic heterocycles. The zero-order chi connectivity index (χ0) is 19.5. The van der Waals surface area contributed by atoms with Gasteiger partial charge in [-0.05, 0) is 53.8 Å². The monoisotopic (exact) mass is 390 g/mol. The second-order valence-electron chi connectivity index (χ2n) is 6.36. The molecule has 0 saturated heterocycles. The number of hydrogen-bond acceptors (Lipinski definition) is 4. The van der Waals surface area contributed by atoms with Crippen LogP contribution in [0.3, 0.4) is 0 Å². The standard InChI is InChI=1S/C22H18N2O3S/c1-14-17-5-2-3-7-19(17)28-20(14)22(26)23-13-15-8-10-16(11-9-15)24-21(25)18-6-4-12-27-18/h2-12H,13H2,1H3,(H,23,26)(H,24,25). The van der Waals surface area contributed by atoms with E-state index in [-0.39, 0.29) is 17.6 Å². The molecule has 0 saturated carbocycles. The number of fused-ring (bicyclic) bond motifs is 1. The smallest absolute Gasteiger partial charge is 0.291 e. The van der Waals surface area contributed by atoms with Crippen LogP contribution in [-0.4, -0.2) is 11.8 Å². The Hall–Kier alpha value is -3.38. The number of anilines is 1. The Morgan fingerprint density at radius 1 is 0.964 bits per heavy atom. The van der Waals surface area contributed by atoms with Crippen molar-refractivity contribution in [3.63, 3.8) is 0 Å². The van der Waals surface area contributed by atoms with E-state index in [9.17, 15) is 9.59 Å². The molecule has 0 aliphatic carbocycles. The Labute approximate surface area is 166 Å². The normalized spacial score (nSPS) is 10.8. The average Bonchev–Trinajstić information content (AvgIpc) is 3.36. The molecule has 4 aromatic rings. The lowest BCUT2D eigenvalue weighted by atomic mass is 10.1. The molecule has 0 unspecified atom stereocenters. The second kappa shape index (κ2) is 7.70. The topological polar surface area (TPSA) is 71.3 Å². The molecule has 5 nitrogen and oxygen atoms in total. The number of thiophene rings is 1. The van der Waals surface area contributed by atoms with Gasteiger partial charge in [-0.15, -0.1) is 11.3 Å². The fourth-order valence-corrected chi connectivity index (χ4v) is 4.09. The van der Waals surface area contributed by atoms with E-state index in [1.54, 1.807) is 24.3 Å². The Kier molecular flexibility index (Phi) is 4.95. The summed E-state index contributed by atoms with van der Waals surface area (Å²) >= 11 is 1.51. The lowest BCUT2D eigenvalue weighted by molar-refractivity contribution is 0.0953. The molecule has 140 valence electrons. The van der Waals surface area contributed by atoms with Gasteiger partial charge in [0.2, 0.25) is 0 Å². The molecule has 0 atom stereocenters. The summed E-state index contributed by atoms with van der Waals surface area (Å²) in [5.74, 6) is -0.116. The number of aryl methyl sites for hydroxylation is 1. The van der Waals surface area contributed by atoms with E-state index in [0.717, 1.165) is 26.1 Å². The van der Waals surface area contributed by atoms with Gasteiger partial charge in [0.1, 0.15) is 0 Å². The molecular weight excluding hydrogens is 372 g/mol. The Morgan fingerprint density at radius 3 is 2.46 bits per heavy atom. The number of furan rings is 1. The fourth-order valence-electron chi connectivity index (χ4n) is 2.96. The number of carbonyl (C=O) groups is 2. The van der Waals surface area contributed by atoms with Crippen LogP contribution >= 0.6 is 11.3 Å². The highest BCUT2D eigenvalue weighted by molar-refractivity contribution is 7.21. The van der Waals surface area contributed by atoms with Crippen molar-refractivity contribution in [3.8, 4) is 0 Å². The maximum Gasteiger partial charge on any atom is 0.291 e. The van der Waals surface area contributed by atoms with Gasteiger partial charge in [0, 0.05) is 16.9 Å². The van der Waals surface area contributed by atoms with Crippen LogP contribution in [-0.2, 0) is 6.54 Å². The highest BCUT2D eigenvalue weighted by Gasteiger charge is 2.15. The molecule has 0 aliphatic rings. The van der Waals surface area contributed by atoms with Crippen LogP contribution in [0, 0.1) is 6.92 Å². The van der Waals surface area contributed by atoms with Crippen LogP contribution in [0.2, 0.25) is 0 Å². The van der Waals surface area contributed by atoms with Crippen molar-refractivity contribution in [2.24, 2.45) is 0 Å². The maximum atomic E-state index is 12.6. The van der Waals surface area contributed by atoms with Gasteiger partial charge in [-0.25, -0.2) is 0 Å². The predicted molar refractivity (Wildman–Crippen MR) is 111 cm³/mol. The van der Waals surface area contributed by atoms with Crippen LogP contribution in [0.5, 0.6) is 0 Å². The molecule has 2 amide bonds. The minimum Gasteiger partial charge on any atom is -0.459 e. The van der Waals surface area contributed by atoms with E-state index < -0.39 is 0 Å². The van der Waals surface area contributed by atoms with Crippen molar-refractivity contribution < 1.29 is 14.0 Å². The minimum absolute atomic E-state index is 0.0751. The van der Waals surface area contributed by atoms with Crippen molar-refractivity contribution in [1.29, 1.82) is 0 Å². The molecule has 0 radical (unpaired) electrons. The Morgan fingerprint density at radius 2 is 1.75 bits per heavy atom. The summed E-state index contributed by atoms with van der Waals surface area (Å²) in [7, 11) is 0. The number of amides is 2. The summed E-state index contributed by atoms with van der Waals surface area (Å²) in [6.45, 7) is 2.39. The number of nitrogens with one attached hydrogen (secondary N) is 2. The third-order valence-electron chi connectivity index (χ3n) is 4.46. The molecule has 0 spiro atoms. The van der Waals surface area contributed by atoms with Gasteiger partial charge in [-0.1, -0.05) is 30.3 Å². The largest absolute Gasteiger partial charge is 0.459 e. The number of benzene rings is 2. The van der Waals surface area contributed by atoms with Gasteiger partial charge >= 0.3 is 0 Å². The molecular formula is C22H18N2O3S. The molecule has 0 fully saturated rings. The van der Waals surface area contributed by atoms with Crippen molar-refractivity contribution in [2.75, 3.05) is 5.32 Å². The quantitative estimate of drug-likeness (QED) is 0.505. The molecule has 2 heterocycles. The minimum atomic E-state index is -0.300. The first kappa shape index (κ1) is 18.0. The first-order valence-corrected chi connectivity index (χ1v) is 9.63. The third-order valence-corrected chi connectivity index (χ3v) is 5.73. The zero-order valence-corrected chi connectivity index (χ0v) is 16.0. The SMILES string of the molecule is Cc1c(C(=O)NCc2ccc(NC(=O)c3ccco3)cc2)sc2ccccc12. The summed E-state index contributed by atoms with van der Waals surface area (Å²) in [5, 5.41) is 6.85. The summed E-state index contributed by atoms with van der Waals surface area (Å²) in [4.78, 5) is 25.3. The zero-order valence-electron chi connectivity index (χ0n) is 15.2. The average molecular weight is 390 g/mol.